The van der Waals surface area contributed by atoms with E-state index < -0.39 is 4.92 Å². The van der Waals surface area contributed by atoms with E-state index in [-0.39, 0.29) is 22.6 Å². The number of nitro groups is 1. The minimum absolute atomic E-state index is 0.00176. The van der Waals surface area contributed by atoms with E-state index in [2.05, 4.69) is 0 Å². The van der Waals surface area contributed by atoms with Crippen molar-refractivity contribution >= 4 is 12.0 Å². The lowest BCUT2D eigenvalue weighted by atomic mass is 10.1. The predicted octanol–water partition coefficient (Wildman–Crippen LogP) is 1.29. The number of benzene rings is 1. The minimum Gasteiger partial charge on any atom is -0.495 e. The lowest BCUT2D eigenvalue weighted by Crippen LogP contribution is -1.97. The first kappa shape index (κ1) is 10.7. The van der Waals surface area contributed by atoms with Gasteiger partial charge in [0, 0.05) is 11.6 Å². The molecule has 0 radical (unpaired) electrons. The topological polar surface area (TPSA) is 93.2 Å². The van der Waals surface area contributed by atoms with Gasteiger partial charge in [-0.2, -0.15) is 5.26 Å². The average molecular weight is 206 g/mol. The van der Waals surface area contributed by atoms with E-state index in [0.29, 0.717) is 6.29 Å². The van der Waals surface area contributed by atoms with Gasteiger partial charge in [0.05, 0.1) is 18.1 Å². The summed E-state index contributed by atoms with van der Waals surface area (Å²) in [6, 6.07) is 3.89. The van der Waals surface area contributed by atoms with Crippen LogP contribution in [0.5, 0.6) is 5.75 Å². The molecule has 0 saturated carbocycles. The Hall–Kier alpha value is -2.42. The van der Waals surface area contributed by atoms with Gasteiger partial charge in [-0.3, -0.25) is 14.9 Å². The minimum atomic E-state index is -0.656. The van der Waals surface area contributed by atoms with Crippen molar-refractivity contribution in [2.75, 3.05) is 7.11 Å². The average Bonchev–Trinajstić information content (AvgIpc) is 2.26. The first-order valence-corrected chi connectivity index (χ1v) is 3.85. The van der Waals surface area contributed by atoms with Crippen molar-refractivity contribution in [1.29, 1.82) is 5.26 Å². The Morgan fingerprint density at radius 2 is 2.27 bits per heavy atom. The van der Waals surface area contributed by atoms with E-state index in [0.717, 1.165) is 12.1 Å². The fourth-order valence-corrected chi connectivity index (χ4v) is 1.10. The van der Waals surface area contributed by atoms with Gasteiger partial charge in [0.1, 0.15) is 17.4 Å². The molecule has 0 spiro atoms. The summed E-state index contributed by atoms with van der Waals surface area (Å²) in [5, 5.41) is 19.2. The number of hydrogen-bond acceptors (Lipinski definition) is 5. The monoisotopic (exact) mass is 206 g/mol. The van der Waals surface area contributed by atoms with Crippen LogP contribution in [0.15, 0.2) is 12.1 Å². The van der Waals surface area contributed by atoms with E-state index in [1.54, 1.807) is 6.07 Å². The zero-order valence-electron chi connectivity index (χ0n) is 7.76. The van der Waals surface area contributed by atoms with Gasteiger partial charge in [-0.15, -0.1) is 0 Å². The normalized spacial score (nSPS) is 9.07. The van der Waals surface area contributed by atoms with Crippen molar-refractivity contribution in [3.8, 4) is 11.8 Å². The summed E-state index contributed by atoms with van der Waals surface area (Å²) in [6.07, 6.45) is 0.383. The molecular weight excluding hydrogens is 200 g/mol. The first-order valence-electron chi connectivity index (χ1n) is 3.85. The summed E-state index contributed by atoms with van der Waals surface area (Å²) in [6.45, 7) is 0. The Morgan fingerprint density at radius 3 is 2.67 bits per heavy atom. The van der Waals surface area contributed by atoms with Gasteiger partial charge in [-0.05, 0) is 0 Å². The van der Waals surface area contributed by atoms with Crippen molar-refractivity contribution in [3.63, 3.8) is 0 Å². The number of aldehydes is 1. The summed E-state index contributed by atoms with van der Waals surface area (Å²) in [5.74, 6) is 0.0220. The fourth-order valence-electron chi connectivity index (χ4n) is 1.10. The number of nitriles is 1. The van der Waals surface area contributed by atoms with E-state index in [9.17, 15) is 14.9 Å². The van der Waals surface area contributed by atoms with Crippen LogP contribution in [0.3, 0.4) is 0 Å². The van der Waals surface area contributed by atoms with E-state index in [1.165, 1.54) is 7.11 Å². The van der Waals surface area contributed by atoms with Gasteiger partial charge < -0.3 is 4.74 Å². The Morgan fingerprint density at radius 1 is 1.60 bits per heavy atom. The highest BCUT2D eigenvalue weighted by Gasteiger charge is 2.16. The fraction of sp³-hybridized carbons (Fsp3) is 0.111. The number of carbonyl (C=O) groups is 1. The molecule has 0 amide bonds. The summed E-state index contributed by atoms with van der Waals surface area (Å²) in [5.41, 5.74) is -0.338. The molecule has 0 saturated heterocycles. The molecule has 0 atom stereocenters. The molecule has 6 nitrogen and oxygen atoms in total. The Balaban J connectivity index is 3.51. The van der Waals surface area contributed by atoms with Crippen LogP contribution in [-0.2, 0) is 0 Å². The first-order chi connectivity index (χ1) is 7.13. The lowest BCUT2D eigenvalue weighted by molar-refractivity contribution is -0.384. The SMILES string of the molecule is COc1cc([N+](=O)[O-])cc(C=O)c1C#N. The van der Waals surface area contributed by atoms with Gasteiger partial charge in [0.15, 0.2) is 6.29 Å². The van der Waals surface area contributed by atoms with Gasteiger partial charge in [-0.1, -0.05) is 0 Å². The zero-order valence-corrected chi connectivity index (χ0v) is 7.76. The van der Waals surface area contributed by atoms with Gasteiger partial charge in [0.25, 0.3) is 5.69 Å². The van der Waals surface area contributed by atoms with Crippen LogP contribution in [-0.4, -0.2) is 18.3 Å². The number of carbonyl (C=O) groups excluding carboxylic acids is 1. The van der Waals surface area contributed by atoms with Crippen molar-refractivity contribution in [3.05, 3.63) is 33.4 Å². The van der Waals surface area contributed by atoms with E-state index >= 15 is 0 Å². The summed E-state index contributed by atoms with van der Waals surface area (Å²) < 4.78 is 4.78. The molecule has 0 aromatic heterocycles. The molecule has 0 aliphatic heterocycles. The van der Waals surface area contributed by atoms with Crippen LogP contribution in [0, 0.1) is 21.4 Å². The highest BCUT2D eigenvalue weighted by atomic mass is 16.6. The van der Waals surface area contributed by atoms with E-state index in [1.807, 2.05) is 0 Å². The molecule has 0 aliphatic carbocycles. The second kappa shape index (κ2) is 4.19. The van der Waals surface area contributed by atoms with Crippen LogP contribution >= 0.6 is 0 Å². The van der Waals surface area contributed by atoms with E-state index in [4.69, 9.17) is 10.00 Å². The molecule has 0 fully saturated rings. The Bertz CT molecular complexity index is 462. The summed E-state index contributed by atoms with van der Waals surface area (Å²) in [7, 11) is 1.27. The molecule has 0 aliphatic rings. The van der Waals surface area contributed by atoms with Crippen molar-refractivity contribution in [1.82, 2.24) is 0 Å². The molecule has 1 rings (SSSR count). The molecule has 0 unspecified atom stereocenters. The quantitative estimate of drug-likeness (QED) is 0.422. The maximum absolute atomic E-state index is 10.6. The van der Waals surface area contributed by atoms with Crippen molar-refractivity contribution in [2.24, 2.45) is 0 Å². The second-order valence-corrected chi connectivity index (χ2v) is 2.60. The van der Waals surface area contributed by atoms with Gasteiger partial charge >= 0.3 is 0 Å². The number of rotatable bonds is 3. The second-order valence-electron chi connectivity index (χ2n) is 2.60. The predicted molar refractivity (Wildman–Crippen MR) is 49.8 cm³/mol. The Kier molecular flexibility index (Phi) is 2.98. The Labute approximate surface area is 84.8 Å². The number of methoxy groups -OCH3 is 1. The third-order valence-electron chi connectivity index (χ3n) is 1.79. The maximum atomic E-state index is 10.6. The van der Waals surface area contributed by atoms with Gasteiger partial charge in [-0.25, -0.2) is 0 Å². The molecule has 1 aromatic carbocycles. The van der Waals surface area contributed by atoms with Crippen LogP contribution in [0.2, 0.25) is 0 Å². The highest BCUT2D eigenvalue weighted by molar-refractivity contribution is 5.82. The standard InChI is InChI=1S/C9H6N2O4/c1-15-9-3-7(11(13)14)2-6(5-12)8(9)4-10/h2-3,5H,1H3. The number of nitro benzene ring substituents is 1. The largest absolute Gasteiger partial charge is 0.495 e. The van der Waals surface area contributed by atoms with Crippen LogP contribution < -0.4 is 4.74 Å². The maximum Gasteiger partial charge on any atom is 0.273 e. The highest BCUT2D eigenvalue weighted by Crippen LogP contribution is 2.26. The van der Waals surface area contributed by atoms with Crippen molar-refractivity contribution < 1.29 is 14.5 Å². The molecule has 0 N–H and O–H groups in total. The zero-order chi connectivity index (χ0) is 11.4. The van der Waals surface area contributed by atoms with Crippen LogP contribution in [0.1, 0.15) is 15.9 Å². The summed E-state index contributed by atoms with van der Waals surface area (Å²) >= 11 is 0. The molecule has 0 bridgehead atoms. The van der Waals surface area contributed by atoms with Gasteiger partial charge in [0.2, 0.25) is 0 Å². The molecule has 6 heteroatoms. The number of ether oxygens (including phenoxy) is 1. The third-order valence-corrected chi connectivity index (χ3v) is 1.79. The third kappa shape index (κ3) is 1.91. The van der Waals surface area contributed by atoms with Crippen LogP contribution in [0.25, 0.3) is 0 Å². The summed E-state index contributed by atoms with van der Waals surface area (Å²) in [4.78, 5) is 20.4. The number of nitrogens with zero attached hydrogens (tertiary/aromatic N) is 2. The number of non-ortho nitro benzene ring substituents is 1. The molecule has 15 heavy (non-hydrogen) atoms. The molecule has 0 heterocycles. The molecule has 1 aromatic rings. The number of hydrogen-bond donors (Lipinski definition) is 0. The smallest absolute Gasteiger partial charge is 0.273 e. The van der Waals surface area contributed by atoms with Crippen molar-refractivity contribution in [2.45, 2.75) is 0 Å². The molecule has 76 valence electrons. The van der Waals surface area contributed by atoms with Crippen LogP contribution in [0.4, 0.5) is 5.69 Å². The molecular formula is C9H6N2O4. The lowest BCUT2D eigenvalue weighted by Gasteiger charge is -2.03.